The lowest BCUT2D eigenvalue weighted by Crippen LogP contribution is -2.27. The van der Waals surface area contributed by atoms with E-state index in [0.717, 1.165) is 10.0 Å². The van der Waals surface area contributed by atoms with Crippen molar-refractivity contribution in [1.82, 2.24) is 24.5 Å². The molecule has 0 aliphatic rings. The van der Waals surface area contributed by atoms with Crippen molar-refractivity contribution in [3.63, 3.8) is 0 Å². The van der Waals surface area contributed by atoms with E-state index in [9.17, 15) is 13.2 Å². The Morgan fingerprint density at radius 3 is 2.75 bits per heavy atom. The lowest BCUT2D eigenvalue weighted by atomic mass is 10.2. The zero-order valence-electron chi connectivity index (χ0n) is 15.3. The van der Waals surface area contributed by atoms with Crippen molar-refractivity contribution < 1.29 is 18.0 Å². The first-order valence-electron chi connectivity index (χ1n) is 8.28. The molecule has 0 spiro atoms. The molecule has 0 aliphatic heterocycles. The van der Waals surface area contributed by atoms with Gasteiger partial charge in [-0.2, -0.15) is 5.10 Å². The van der Waals surface area contributed by atoms with Gasteiger partial charge in [0.15, 0.2) is 5.82 Å². The first-order chi connectivity index (χ1) is 13.4. The van der Waals surface area contributed by atoms with Crippen molar-refractivity contribution in [1.29, 1.82) is 0 Å². The second kappa shape index (κ2) is 8.30. The van der Waals surface area contributed by atoms with Gasteiger partial charge in [-0.15, -0.1) is 0 Å². The molecule has 1 N–H and O–H groups in total. The van der Waals surface area contributed by atoms with E-state index in [-0.39, 0.29) is 17.0 Å². The maximum Gasteiger partial charge on any atom is 0.264 e. The van der Waals surface area contributed by atoms with E-state index in [1.807, 2.05) is 6.07 Å². The monoisotopic (exact) mass is 401 g/mol. The number of sulfonamides is 1. The fourth-order valence-electron chi connectivity index (χ4n) is 2.43. The zero-order valence-corrected chi connectivity index (χ0v) is 16.1. The molecule has 3 rings (SSSR count). The number of hydroxylamine groups is 1. The van der Waals surface area contributed by atoms with Crippen LogP contribution in [0.5, 0.6) is 0 Å². The van der Waals surface area contributed by atoms with Crippen LogP contribution in [0.25, 0.3) is 5.82 Å². The third-order valence-corrected chi connectivity index (χ3v) is 5.67. The SMILES string of the molecule is CON(C)S(=O)(=O)c1cccc(C(=O)NCc2ccnc(-n3cccn3)c2)c1. The maximum atomic E-state index is 12.5. The van der Waals surface area contributed by atoms with Crippen LogP contribution in [0.1, 0.15) is 15.9 Å². The number of carbonyl (C=O) groups is 1. The molecule has 0 unspecified atom stereocenters. The average Bonchev–Trinajstić information content (AvgIpc) is 3.26. The molecular weight excluding hydrogens is 382 g/mol. The highest BCUT2D eigenvalue weighted by Crippen LogP contribution is 2.16. The maximum absolute atomic E-state index is 12.5. The molecule has 3 aromatic rings. The summed E-state index contributed by atoms with van der Waals surface area (Å²) in [5.74, 6) is 0.238. The number of pyridine rings is 1. The van der Waals surface area contributed by atoms with Gasteiger partial charge in [0.05, 0.1) is 12.0 Å². The van der Waals surface area contributed by atoms with Gasteiger partial charge in [0.1, 0.15) is 0 Å². The zero-order chi connectivity index (χ0) is 20.1. The molecule has 2 aromatic heterocycles. The summed E-state index contributed by atoms with van der Waals surface area (Å²) in [4.78, 5) is 21.4. The van der Waals surface area contributed by atoms with Crippen molar-refractivity contribution in [3.8, 4) is 5.82 Å². The summed E-state index contributed by atoms with van der Waals surface area (Å²) in [6.07, 6.45) is 5.05. The van der Waals surface area contributed by atoms with Gasteiger partial charge in [0.2, 0.25) is 0 Å². The Hall–Kier alpha value is -3.08. The Labute approximate surface area is 162 Å². The fraction of sp³-hybridized carbons (Fsp3) is 0.167. The lowest BCUT2D eigenvalue weighted by molar-refractivity contribution is -0.0258. The standard InChI is InChI=1S/C18H19N5O4S/c1-22(27-2)28(25,26)16-6-3-5-15(12-16)18(24)20-13-14-7-9-19-17(11-14)23-10-4-8-21-23/h3-12H,13H2,1-2H3,(H,20,24). The molecule has 0 saturated heterocycles. The Morgan fingerprint density at radius 1 is 1.21 bits per heavy atom. The Kier molecular flexibility index (Phi) is 5.83. The molecule has 1 aromatic carbocycles. The summed E-state index contributed by atoms with van der Waals surface area (Å²) < 4.78 is 27.0. The minimum Gasteiger partial charge on any atom is -0.348 e. The van der Waals surface area contributed by atoms with Gasteiger partial charge < -0.3 is 5.32 Å². The van der Waals surface area contributed by atoms with E-state index in [4.69, 9.17) is 4.84 Å². The molecular formula is C18H19N5O4S. The molecule has 10 heteroatoms. The predicted octanol–water partition coefficient (Wildman–Crippen LogP) is 1.38. The third-order valence-electron chi connectivity index (χ3n) is 3.99. The highest BCUT2D eigenvalue weighted by molar-refractivity contribution is 7.89. The van der Waals surface area contributed by atoms with Gasteiger partial charge in [-0.05, 0) is 42.0 Å². The first kappa shape index (κ1) is 19.7. The van der Waals surface area contributed by atoms with E-state index in [2.05, 4.69) is 15.4 Å². The number of benzene rings is 1. The Morgan fingerprint density at radius 2 is 2.04 bits per heavy atom. The van der Waals surface area contributed by atoms with Crippen LogP contribution in [0.3, 0.4) is 0 Å². The van der Waals surface area contributed by atoms with Gasteiger partial charge in [0.25, 0.3) is 15.9 Å². The number of carbonyl (C=O) groups excluding carboxylic acids is 1. The van der Waals surface area contributed by atoms with Crippen LogP contribution in [0.15, 0.2) is 66.0 Å². The smallest absolute Gasteiger partial charge is 0.264 e. The molecule has 0 radical (unpaired) electrons. The fourth-order valence-corrected chi connectivity index (χ4v) is 3.45. The number of hydrogen-bond donors (Lipinski definition) is 1. The number of hydrogen-bond acceptors (Lipinski definition) is 6. The Bertz CT molecular complexity index is 1070. The highest BCUT2D eigenvalue weighted by atomic mass is 32.2. The summed E-state index contributed by atoms with van der Waals surface area (Å²) in [6, 6.07) is 11.1. The van der Waals surface area contributed by atoms with Gasteiger partial charge in [-0.1, -0.05) is 10.5 Å². The van der Waals surface area contributed by atoms with Crippen molar-refractivity contribution in [2.75, 3.05) is 14.2 Å². The lowest BCUT2D eigenvalue weighted by Gasteiger charge is -2.14. The Balaban J connectivity index is 1.72. The van der Waals surface area contributed by atoms with Crippen LogP contribution < -0.4 is 5.32 Å². The van der Waals surface area contributed by atoms with Crippen LogP contribution in [0.2, 0.25) is 0 Å². The second-order valence-corrected chi connectivity index (χ2v) is 7.72. The first-order valence-corrected chi connectivity index (χ1v) is 9.72. The quantitative estimate of drug-likeness (QED) is 0.600. The minimum atomic E-state index is -3.83. The molecule has 9 nitrogen and oxygen atoms in total. The van der Waals surface area contributed by atoms with Crippen molar-refractivity contribution in [2.45, 2.75) is 11.4 Å². The van der Waals surface area contributed by atoms with Crippen LogP contribution in [-0.2, 0) is 21.4 Å². The number of rotatable bonds is 7. The van der Waals surface area contributed by atoms with E-state index >= 15 is 0 Å². The number of nitrogens with zero attached hydrogens (tertiary/aromatic N) is 4. The summed E-state index contributed by atoms with van der Waals surface area (Å²) >= 11 is 0. The largest absolute Gasteiger partial charge is 0.348 e. The van der Waals surface area contributed by atoms with Gasteiger partial charge >= 0.3 is 0 Å². The summed E-state index contributed by atoms with van der Waals surface area (Å²) in [7, 11) is -1.30. The summed E-state index contributed by atoms with van der Waals surface area (Å²) in [6.45, 7) is 0.255. The molecule has 0 bridgehead atoms. The summed E-state index contributed by atoms with van der Waals surface area (Å²) in [5.41, 5.74) is 1.06. The number of nitrogens with one attached hydrogen (secondary N) is 1. The van der Waals surface area contributed by atoms with E-state index < -0.39 is 15.9 Å². The van der Waals surface area contributed by atoms with Crippen LogP contribution >= 0.6 is 0 Å². The second-order valence-electron chi connectivity index (χ2n) is 5.78. The van der Waals surface area contributed by atoms with Crippen LogP contribution in [0, 0.1) is 0 Å². The molecule has 28 heavy (non-hydrogen) atoms. The minimum absolute atomic E-state index is 0.0330. The topological polar surface area (TPSA) is 106 Å². The van der Waals surface area contributed by atoms with E-state index in [1.54, 1.807) is 41.5 Å². The highest BCUT2D eigenvalue weighted by Gasteiger charge is 2.21. The predicted molar refractivity (Wildman–Crippen MR) is 101 cm³/mol. The number of amides is 1. The number of aromatic nitrogens is 3. The molecule has 1 amide bonds. The normalized spacial score (nSPS) is 11.5. The average molecular weight is 401 g/mol. The van der Waals surface area contributed by atoms with E-state index in [1.165, 1.54) is 32.4 Å². The molecule has 0 atom stereocenters. The van der Waals surface area contributed by atoms with Crippen molar-refractivity contribution in [2.24, 2.45) is 0 Å². The molecule has 0 fully saturated rings. The molecule has 146 valence electrons. The van der Waals surface area contributed by atoms with Crippen LogP contribution in [-0.4, -0.2) is 47.7 Å². The van der Waals surface area contributed by atoms with Crippen LogP contribution in [0.4, 0.5) is 0 Å². The van der Waals surface area contributed by atoms with Crippen molar-refractivity contribution in [3.05, 3.63) is 72.2 Å². The van der Waals surface area contributed by atoms with Crippen molar-refractivity contribution >= 4 is 15.9 Å². The molecule has 0 aliphatic carbocycles. The molecule has 0 saturated carbocycles. The third kappa shape index (κ3) is 4.25. The van der Waals surface area contributed by atoms with Gasteiger partial charge in [-0.25, -0.2) is 18.1 Å². The molecule has 2 heterocycles. The van der Waals surface area contributed by atoms with Gasteiger partial charge in [-0.3, -0.25) is 9.63 Å². The van der Waals surface area contributed by atoms with Gasteiger partial charge in [0, 0.05) is 37.7 Å². The summed E-state index contributed by atoms with van der Waals surface area (Å²) in [5, 5.41) is 6.89. The van der Waals surface area contributed by atoms with E-state index in [0.29, 0.717) is 5.82 Å².